The normalized spacial score (nSPS) is 10.3. The van der Waals surface area contributed by atoms with E-state index in [9.17, 15) is 14.9 Å². The molecule has 0 fully saturated rings. The summed E-state index contributed by atoms with van der Waals surface area (Å²) in [4.78, 5) is 24.1. The van der Waals surface area contributed by atoms with Crippen molar-refractivity contribution in [2.45, 2.75) is 0 Å². The van der Waals surface area contributed by atoms with Crippen molar-refractivity contribution in [1.29, 1.82) is 0 Å². The van der Waals surface area contributed by atoms with Crippen LogP contribution in [0.15, 0.2) is 18.2 Å². The van der Waals surface area contributed by atoms with E-state index in [4.69, 9.17) is 5.84 Å². The lowest BCUT2D eigenvalue weighted by Crippen LogP contribution is -2.31. The summed E-state index contributed by atoms with van der Waals surface area (Å²) in [6.45, 7) is 1.05. The molecular formula is C11H17N5O3. The van der Waals surface area contributed by atoms with E-state index in [0.29, 0.717) is 18.8 Å². The Morgan fingerprint density at radius 1 is 1.47 bits per heavy atom. The van der Waals surface area contributed by atoms with Gasteiger partial charge in [-0.25, -0.2) is 0 Å². The fourth-order valence-electron chi connectivity index (χ4n) is 1.46. The number of benzene rings is 1. The topological polar surface area (TPSA) is 114 Å². The molecule has 0 heterocycles. The molecule has 0 aliphatic heterocycles. The van der Waals surface area contributed by atoms with E-state index in [2.05, 4.69) is 10.7 Å². The summed E-state index contributed by atoms with van der Waals surface area (Å²) in [6.07, 6.45) is 0. The maximum absolute atomic E-state index is 11.9. The van der Waals surface area contributed by atoms with Crippen LogP contribution in [0.1, 0.15) is 10.4 Å². The van der Waals surface area contributed by atoms with Crippen molar-refractivity contribution in [3.8, 4) is 0 Å². The number of anilines is 1. The lowest BCUT2D eigenvalue weighted by atomic mass is 10.1. The van der Waals surface area contributed by atoms with Crippen molar-refractivity contribution >= 4 is 17.3 Å². The molecule has 1 aromatic carbocycles. The third kappa shape index (κ3) is 4.19. The lowest BCUT2D eigenvalue weighted by Gasteiger charge is -2.11. The molecule has 104 valence electrons. The summed E-state index contributed by atoms with van der Waals surface area (Å²) >= 11 is 0. The minimum absolute atomic E-state index is 0.0146. The minimum Gasteiger partial charge on any atom is -0.351 e. The van der Waals surface area contributed by atoms with Crippen LogP contribution < -0.4 is 16.6 Å². The first-order valence-electron chi connectivity index (χ1n) is 5.63. The van der Waals surface area contributed by atoms with Crippen molar-refractivity contribution in [2.24, 2.45) is 5.84 Å². The molecular weight excluding hydrogens is 250 g/mol. The van der Waals surface area contributed by atoms with Gasteiger partial charge in [0.1, 0.15) is 5.56 Å². The number of likely N-dealkylation sites (N-methyl/N-ethyl adjacent to an activating group) is 1. The van der Waals surface area contributed by atoms with Crippen molar-refractivity contribution in [3.05, 3.63) is 33.9 Å². The maximum Gasteiger partial charge on any atom is 0.282 e. The largest absolute Gasteiger partial charge is 0.351 e. The predicted molar refractivity (Wildman–Crippen MR) is 71.8 cm³/mol. The maximum atomic E-state index is 11.9. The van der Waals surface area contributed by atoms with Gasteiger partial charge >= 0.3 is 0 Å². The van der Waals surface area contributed by atoms with Gasteiger partial charge < -0.3 is 15.6 Å². The number of rotatable bonds is 6. The molecule has 1 aromatic rings. The number of hydrogen-bond acceptors (Lipinski definition) is 6. The summed E-state index contributed by atoms with van der Waals surface area (Å²) in [5, 5.41) is 13.5. The van der Waals surface area contributed by atoms with Crippen molar-refractivity contribution in [1.82, 2.24) is 10.2 Å². The Morgan fingerprint density at radius 2 is 2.16 bits per heavy atom. The zero-order chi connectivity index (χ0) is 14.4. The van der Waals surface area contributed by atoms with Crippen molar-refractivity contribution < 1.29 is 9.72 Å². The van der Waals surface area contributed by atoms with Gasteiger partial charge in [0, 0.05) is 24.8 Å². The fraction of sp³-hybridized carbons (Fsp3) is 0.364. The van der Waals surface area contributed by atoms with Crippen LogP contribution in [-0.2, 0) is 0 Å². The molecule has 0 atom stereocenters. The Labute approximate surface area is 110 Å². The number of nitrogens with two attached hydrogens (primary N) is 1. The minimum atomic E-state index is -0.596. The molecule has 0 aliphatic rings. The predicted octanol–water partition coefficient (Wildman–Crippen LogP) is 0.172. The molecule has 4 N–H and O–H groups in total. The van der Waals surface area contributed by atoms with Gasteiger partial charge in [0.25, 0.3) is 11.6 Å². The van der Waals surface area contributed by atoms with Crippen LogP contribution in [0.2, 0.25) is 0 Å². The number of nitrogens with zero attached hydrogens (tertiary/aromatic N) is 2. The molecule has 1 amide bonds. The van der Waals surface area contributed by atoms with Gasteiger partial charge in [0.2, 0.25) is 0 Å². The van der Waals surface area contributed by atoms with Crippen LogP contribution >= 0.6 is 0 Å². The van der Waals surface area contributed by atoms with Crippen LogP contribution in [0.3, 0.4) is 0 Å². The van der Waals surface area contributed by atoms with E-state index in [1.807, 2.05) is 19.0 Å². The average Bonchev–Trinajstić information content (AvgIpc) is 2.37. The average molecular weight is 267 g/mol. The highest BCUT2D eigenvalue weighted by molar-refractivity contribution is 5.99. The molecule has 0 saturated heterocycles. The van der Waals surface area contributed by atoms with Gasteiger partial charge in [-0.05, 0) is 26.2 Å². The van der Waals surface area contributed by atoms with Gasteiger partial charge in [-0.3, -0.25) is 20.8 Å². The van der Waals surface area contributed by atoms with E-state index in [1.165, 1.54) is 18.2 Å². The van der Waals surface area contributed by atoms with Crippen LogP contribution in [0.5, 0.6) is 0 Å². The summed E-state index contributed by atoms with van der Waals surface area (Å²) in [5.41, 5.74) is 2.52. The van der Waals surface area contributed by atoms with E-state index in [0.717, 1.165) is 0 Å². The molecule has 8 heteroatoms. The van der Waals surface area contributed by atoms with Gasteiger partial charge in [0.05, 0.1) is 4.92 Å². The molecule has 0 aliphatic carbocycles. The summed E-state index contributed by atoms with van der Waals surface area (Å²) in [6, 6.07) is 4.04. The number of amides is 1. The SMILES string of the molecule is CN(C)CCNC(=O)c1cc(NN)ccc1[N+](=O)[O-]. The number of hydrogen-bond donors (Lipinski definition) is 3. The van der Waals surface area contributed by atoms with E-state index < -0.39 is 10.8 Å². The number of carbonyl (C=O) groups is 1. The van der Waals surface area contributed by atoms with Crippen molar-refractivity contribution in [3.63, 3.8) is 0 Å². The first kappa shape index (κ1) is 14.9. The molecule has 0 aromatic heterocycles. The molecule has 0 spiro atoms. The molecule has 0 saturated carbocycles. The number of nitro benzene ring substituents is 1. The Kier molecular flexibility index (Phi) is 5.22. The second-order valence-corrected chi connectivity index (χ2v) is 4.19. The van der Waals surface area contributed by atoms with E-state index in [-0.39, 0.29) is 11.3 Å². The Bertz CT molecular complexity index is 475. The number of carbonyl (C=O) groups excluding carboxylic acids is 1. The van der Waals surface area contributed by atoms with E-state index >= 15 is 0 Å². The first-order valence-corrected chi connectivity index (χ1v) is 5.63. The van der Waals surface area contributed by atoms with Crippen LogP contribution in [0.4, 0.5) is 11.4 Å². The van der Waals surface area contributed by atoms with Crippen LogP contribution in [0, 0.1) is 10.1 Å². The zero-order valence-electron chi connectivity index (χ0n) is 10.8. The van der Waals surface area contributed by atoms with Crippen LogP contribution in [0.25, 0.3) is 0 Å². The van der Waals surface area contributed by atoms with Gasteiger partial charge in [0.15, 0.2) is 0 Å². The number of nitrogen functional groups attached to an aromatic ring is 1. The third-order valence-electron chi connectivity index (χ3n) is 2.45. The lowest BCUT2D eigenvalue weighted by molar-refractivity contribution is -0.385. The smallest absolute Gasteiger partial charge is 0.282 e. The quantitative estimate of drug-likeness (QED) is 0.384. The highest BCUT2D eigenvalue weighted by Gasteiger charge is 2.20. The van der Waals surface area contributed by atoms with Gasteiger partial charge in [-0.1, -0.05) is 0 Å². The third-order valence-corrected chi connectivity index (χ3v) is 2.45. The number of nitrogens with one attached hydrogen (secondary N) is 2. The van der Waals surface area contributed by atoms with Crippen molar-refractivity contribution in [2.75, 3.05) is 32.6 Å². The fourth-order valence-corrected chi connectivity index (χ4v) is 1.46. The highest BCUT2D eigenvalue weighted by atomic mass is 16.6. The summed E-state index contributed by atoms with van der Waals surface area (Å²) in [7, 11) is 3.74. The number of hydrazine groups is 1. The first-order chi connectivity index (χ1) is 8.95. The molecule has 0 radical (unpaired) electrons. The molecule has 8 nitrogen and oxygen atoms in total. The zero-order valence-corrected chi connectivity index (χ0v) is 10.8. The second kappa shape index (κ2) is 6.66. The Hall–Kier alpha value is -2.19. The summed E-state index contributed by atoms with van der Waals surface area (Å²) in [5.74, 6) is 4.73. The highest BCUT2D eigenvalue weighted by Crippen LogP contribution is 2.22. The Morgan fingerprint density at radius 3 is 2.68 bits per heavy atom. The van der Waals surface area contributed by atoms with Gasteiger partial charge in [-0.2, -0.15) is 0 Å². The van der Waals surface area contributed by atoms with E-state index in [1.54, 1.807) is 0 Å². The molecule has 0 bridgehead atoms. The molecule has 19 heavy (non-hydrogen) atoms. The second-order valence-electron chi connectivity index (χ2n) is 4.19. The molecule has 0 unspecified atom stereocenters. The van der Waals surface area contributed by atoms with Gasteiger partial charge in [-0.15, -0.1) is 0 Å². The monoisotopic (exact) mass is 267 g/mol. The molecule has 1 rings (SSSR count). The number of nitro groups is 1. The standard InChI is InChI=1S/C11H17N5O3/c1-15(2)6-5-13-11(17)9-7-8(14-12)3-4-10(9)16(18)19/h3-4,7,14H,5-6,12H2,1-2H3,(H,13,17). The Balaban J connectivity index is 2.89. The van der Waals surface area contributed by atoms with Crippen LogP contribution in [-0.4, -0.2) is 42.9 Å². The summed E-state index contributed by atoms with van der Waals surface area (Å²) < 4.78 is 0.